The van der Waals surface area contributed by atoms with Crippen LogP contribution in [0.15, 0.2) is 24.3 Å². The molecular weight excluding hydrogens is 320 g/mol. The lowest BCUT2D eigenvalue weighted by molar-refractivity contribution is -0.137. The lowest BCUT2D eigenvalue weighted by Crippen LogP contribution is -2.45. The van der Waals surface area contributed by atoms with Gasteiger partial charge in [-0.05, 0) is 30.5 Å². The van der Waals surface area contributed by atoms with E-state index in [1.54, 1.807) is 7.11 Å². The molecule has 0 atom stereocenters. The number of rotatable bonds is 5. The molecule has 0 aliphatic carbocycles. The molecule has 1 aromatic carbocycles. The van der Waals surface area contributed by atoms with Crippen LogP contribution in [0.25, 0.3) is 0 Å². The van der Waals surface area contributed by atoms with Gasteiger partial charge in [-0.2, -0.15) is 0 Å². The minimum absolute atomic E-state index is 0.0212. The Balaban J connectivity index is 1.58. The fourth-order valence-corrected chi connectivity index (χ4v) is 3.86. The number of nitrogens with zero attached hydrogens (tertiary/aromatic N) is 2. The number of methoxy groups -OCH3 is 2. The highest BCUT2D eigenvalue weighted by atomic mass is 16.5. The van der Waals surface area contributed by atoms with E-state index in [-0.39, 0.29) is 23.8 Å². The summed E-state index contributed by atoms with van der Waals surface area (Å²) in [6, 6.07) is 7.85. The Kier molecular flexibility index (Phi) is 5.27. The van der Waals surface area contributed by atoms with E-state index in [1.807, 2.05) is 34.1 Å². The van der Waals surface area contributed by atoms with Crippen LogP contribution in [0.2, 0.25) is 0 Å². The van der Waals surface area contributed by atoms with Crippen molar-refractivity contribution in [2.45, 2.75) is 25.8 Å². The molecule has 2 amide bonds. The molecule has 136 valence electrons. The molecule has 6 nitrogen and oxygen atoms in total. The first kappa shape index (κ1) is 17.7. The number of carbonyl (C=O) groups is 2. The van der Waals surface area contributed by atoms with Crippen LogP contribution in [0.5, 0.6) is 5.75 Å². The molecule has 0 saturated carbocycles. The van der Waals surface area contributed by atoms with Crippen LogP contribution < -0.4 is 4.74 Å². The lowest BCUT2D eigenvalue weighted by atomic mass is 9.77. The van der Waals surface area contributed by atoms with E-state index in [2.05, 4.69) is 0 Å². The molecule has 25 heavy (non-hydrogen) atoms. The molecule has 1 spiro atoms. The zero-order chi connectivity index (χ0) is 17.9. The van der Waals surface area contributed by atoms with Gasteiger partial charge in [-0.3, -0.25) is 9.59 Å². The van der Waals surface area contributed by atoms with Gasteiger partial charge < -0.3 is 19.3 Å². The molecular formula is C19H26N2O4. The van der Waals surface area contributed by atoms with Crippen LogP contribution in [0.3, 0.4) is 0 Å². The number of piperidine rings is 1. The maximum absolute atomic E-state index is 12.5. The number of hydrogen-bond donors (Lipinski definition) is 0. The van der Waals surface area contributed by atoms with Gasteiger partial charge >= 0.3 is 0 Å². The first-order valence-corrected chi connectivity index (χ1v) is 8.73. The molecule has 6 heteroatoms. The van der Waals surface area contributed by atoms with Crippen molar-refractivity contribution in [3.05, 3.63) is 29.8 Å². The average molecular weight is 346 g/mol. The summed E-state index contributed by atoms with van der Waals surface area (Å²) < 4.78 is 10.1. The molecule has 0 radical (unpaired) electrons. The maximum atomic E-state index is 12.5. The van der Waals surface area contributed by atoms with E-state index in [4.69, 9.17) is 9.47 Å². The van der Waals surface area contributed by atoms with Crippen LogP contribution >= 0.6 is 0 Å². The summed E-state index contributed by atoms with van der Waals surface area (Å²) in [5, 5.41) is 0. The second-order valence-electron chi connectivity index (χ2n) is 7.09. The van der Waals surface area contributed by atoms with E-state index < -0.39 is 0 Å². The summed E-state index contributed by atoms with van der Waals surface area (Å²) in [7, 11) is 3.18. The van der Waals surface area contributed by atoms with Gasteiger partial charge in [0.2, 0.25) is 11.8 Å². The fourth-order valence-electron chi connectivity index (χ4n) is 3.86. The summed E-state index contributed by atoms with van der Waals surface area (Å²) in [5.74, 6) is 1.07. The first-order valence-electron chi connectivity index (χ1n) is 8.73. The van der Waals surface area contributed by atoms with Gasteiger partial charge in [0.05, 0.1) is 7.11 Å². The summed E-state index contributed by atoms with van der Waals surface area (Å²) in [6.45, 7) is 2.98. The van der Waals surface area contributed by atoms with Gasteiger partial charge in [-0.1, -0.05) is 12.1 Å². The zero-order valence-corrected chi connectivity index (χ0v) is 15.0. The highest BCUT2D eigenvalue weighted by Gasteiger charge is 2.45. The van der Waals surface area contributed by atoms with Crippen molar-refractivity contribution in [1.29, 1.82) is 0 Å². The molecule has 2 aliphatic heterocycles. The Hall–Kier alpha value is -2.08. The minimum Gasteiger partial charge on any atom is -0.497 e. The third kappa shape index (κ3) is 3.95. The van der Waals surface area contributed by atoms with Crippen LogP contribution in [-0.2, 0) is 20.9 Å². The van der Waals surface area contributed by atoms with Gasteiger partial charge in [-0.15, -0.1) is 0 Å². The van der Waals surface area contributed by atoms with Crippen molar-refractivity contribution in [3.8, 4) is 5.75 Å². The number of amides is 2. The van der Waals surface area contributed by atoms with Crippen LogP contribution in [0, 0.1) is 5.41 Å². The van der Waals surface area contributed by atoms with Crippen molar-refractivity contribution < 1.29 is 19.1 Å². The number of benzene rings is 1. The summed E-state index contributed by atoms with van der Waals surface area (Å²) in [4.78, 5) is 28.2. The van der Waals surface area contributed by atoms with Gasteiger partial charge in [0.15, 0.2) is 0 Å². The average Bonchev–Trinajstić information content (AvgIpc) is 2.91. The SMILES string of the molecule is COCC(=O)N1CCC2(CC1)CC(=O)N(Cc1ccc(OC)cc1)C2. The lowest BCUT2D eigenvalue weighted by Gasteiger charge is -2.38. The molecule has 2 fully saturated rings. The molecule has 0 N–H and O–H groups in total. The number of hydrogen-bond acceptors (Lipinski definition) is 4. The summed E-state index contributed by atoms with van der Waals surface area (Å²) in [5.41, 5.74) is 1.13. The number of likely N-dealkylation sites (tertiary alicyclic amines) is 2. The molecule has 0 aromatic heterocycles. The Morgan fingerprint density at radius 2 is 1.84 bits per heavy atom. The van der Waals surface area contributed by atoms with Crippen LogP contribution in [0.4, 0.5) is 0 Å². The zero-order valence-electron chi connectivity index (χ0n) is 15.0. The van der Waals surface area contributed by atoms with E-state index in [1.165, 1.54) is 7.11 Å². The van der Waals surface area contributed by atoms with Crippen molar-refractivity contribution >= 4 is 11.8 Å². The van der Waals surface area contributed by atoms with Crippen molar-refractivity contribution in [2.24, 2.45) is 5.41 Å². The second kappa shape index (κ2) is 7.44. The first-order chi connectivity index (χ1) is 12.0. The van der Waals surface area contributed by atoms with E-state index in [0.717, 1.165) is 30.7 Å². The quantitative estimate of drug-likeness (QED) is 0.814. The topological polar surface area (TPSA) is 59.1 Å². The predicted octanol–water partition coefficient (Wildman–Crippen LogP) is 1.68. The van der Waals surface area contributed by atoms with Gasteiger partial charge in [0.1, 0.15) is 12.4 Å². The summed E-state index contributed by atoms with van der Waals surface area (Å²) >= 11 is 0. The predicted molar refractivity (Wildman–Crippen MR) is 93.2 cm³/mol. The second-order valence-corrected chi connectivity index (χ2v) is 7.09. The Morgan fingerprint density at radius 1 is 1.16 bits per heavy atom. The van der Waals surface area contributed by atoms with Gasteiger partial charge in [-0.25, -0.2) is 0 Å². The van der Waals surface area contributed by atoms with Gasteiger partial charge in [0, 0.05) is 45.1 Å². The number of carbonyl (C=O) groups excluding carboxylic acids is 2. The van der Waals surface area contributed by atoms with Crippen molar-refractivity contribution in [3.63, 3.8) is 0 Å². The standard InChI is InChI=1S/C19H26N2O4/c1-24-13-18(23)20-9-7-19(8-10-20)11-17(22)21(14-19)12-15-3-5-16(25-2)6-4-15/h3-6H,7-14H2,1-2H3. The fraction of sp³-hybridized carbons (Fsp3) is 0.579. The highest BCUT2D eigenvalue weighted by Crippen LogP contribution is 2.41. The monoisotopic (exact) mass is 346 g/mol. The van der Waals surface area contributed by atoms with E-state index >= 15 is 0 Å². The normalized spacial score (nSPS) is 19.5. The molecule has 2 saturated heterocycles. The maximum Gasteiger partial charge on any atom is 0.248 e. The smallest absolute Gasteiger partial charge is 0.248 e. The minimum atomic E-state index is 0.0212. The molecule has 1 aromatic rings. The molecule has 2 heterocycles. The third-order valence-electron chi connectivity index (χ3n) is 5.38. The highest BCUT2D eigenvalue weighted by molar-refractivity contribution is 5.80. The van der Waals surface area contributed by atoms with E-state index in [0.29, 0.717) is 26.1 Å². The third-order valence-corrected chi connectivity index (χ3v) is 5.38. The van der Waals surface area contributed by atoms with Gasteiger partial charge in [0.25, 0.3) is 0 Å². The Labute approximate surface area is 148 Å². The Bertz CT molecular complexity index is 621. The molecule has 0 unspecified atom stereocenters. The van der Waals surface area contributed by atoms with Crippen LogP contribution in [0.1, 0.15) is 24.8 Å². The molecule has 0 bridgehead atoms. The summed E-state index contributed by atoms with van der Waals surface area (Å²) in [6.07, 6.45) is 2.36. The van der Waals surface area contributed by atoms with Crippen molar-refractivity contribution in [2.75, 3.05) is 40.5 Å². The largest absolute Gasteiger partial charge is 0.497 e. The Morgan fingerprint density at radius 3 is 2.44 bits per heavy atom. The van der Waals surface area contributed by atoms with Crippen LogP contribution in [-0.4, -0.2) is 62.1 Å². The molecule has 2 aliphatic rings. The number of ether oxygens (including phenoxy) is 2. The van der Waals surface area contributed by atoms with E-state index in [9.17, 15) is 9.59 Å². The molecule has 3 rings (SSSR count). The van der Waals surface area contributed by atoms with Crippen molar-refractivity contribution in [1.82, 2.24) is 9.80 Å².